The Balaban J connectivity index is 2.30. The maximum absolute atomic E-state index is 11.4. The van der Waals surface area contributed by atoms with E-state index in [0.29, 0.717) is 10.9 Å². The van der Waals surface area contributed by atoms with Crippen LogP contribution in [0.3, 0.4) is 0 Å². The summed E-state index contributed by atoms with van der Waals surface area (Å²) in [5, 5.41) is 5.70. The summed E-state index contributed by atoms with van der Waals surface area (Å²) in [5.74, 6) is 0.575. The van der Waals surface area contributed by atoms with Crippen molar-refractivity contribution >= 4 is 28.5 Å². The molecule has 0 aliphatic heterocycles. The van der Waals surface area contributed by atoms with Gasteiger partial charge in [0.05, 0.1) is 5.54 Å². The second-order valence-electron chi connectivity index (χ2n) is 6.27. The summed E-state index contributed by atoms with van der Waals surface area (Å²) in [6.45, 7) is 3.94. The van der Waals surface area contributed by atoms with Crippen LogP contribution >= 0.6 is 11.6 Å². The van der Waals surface area contributed by atoms with E-state index in [2.05, 4.69) is 15.0 Å². The van der Waals surface area contributed by atoms with Gasteiger partial charge in [-0.2, -0.15) is 0 Å². The molecule has 0 aliphatic carbocycles. The van der Waals surface area contributed by atoms with Gasteiger partial charge in [0, 0.05) is 30.6 Å². The SMILES string of the molecule is CN(C)C(=O)OCCOc1ccc(C(C)(C)N=[N+]=[N-])c2cc(Cl)ncc12. The number of amides is 1. The summed E-state index contributed by atoms with van der Waals surface area (Å²) in [5.41, 5.74) is 8.86. The third kappa shape index (κ3) is 4.47. The number of carbonyl (C=O) groups excluding carboxylic acids is 1. The molecular formula is C17H20ClN5O3. The van der Waals surface area contributed by atoms with Crippen LogP contribution in [-0.2, 0) is 10.3 Å². The molecule has 0 N–H and O–H groups in total. The zero-order valence-corrected chi connectivity index (χ0v) is 15.8. The minimum Gasteiger partial charge on any atom is -0.489 e. The standard InChI is InChI=1S/C17H20ClN5O3/c1-17(2,21-22-19)13-5-6-14(12-10-20-15(18)9-11(12)13)25-7-8-26-16(24)23(3)4/h5-6,9-10H,7-8H2,1-4H3. The fourth-order valence-corrected chi connectivity index (χ4v) is 2.58. The van der Waals surface area contributed by atoms with Gasteiger partial charge in [-0.3, -0.25) is 0 Å². The van der Waals surface area contributed by atoms with Crippen LogP contribution in [0, 0.1) is 0 Å². The highest BCUT2D eigenvalue weighted by Crippen LogP contribution is 2.36. The van der Waals surface area contributed by atoms with Crippen LogP contribution in [0.2, 0.25) is 5.15 Å². The van der Waals surface area contributed by atoms with Crippen LogP contribution in [0.5, 0.6) is 5.75 Å². The van der Waals surface area contributed by atoms with E-state index in [4.69, 9.17) is 26.6 Å². The fourth-order valence-electron chi connectivity index (χ4n) is 2.42. The average Bonchev–Trinajstić information content (AvgIpc) is 2.57. The first-order chi connectivity index (χ1) is 12.3. The van der Waals surface area contributed by atoms with Crippen LogP contribution in [0.15, 0.2) is 29.5 Å². The quantitative estimate of drug-likeness (QED) is 0.243. The molecule has 0 saturated heterocycles. The third-order valence-electron chi connectivity index (χ3n) is 3.71. The first-order valence-electron chi connectivity index (χ1n) is 7.88. The second-order valence-corrected chi connectivity index (χ2v) is 6.66. The van der Waals surface area contributed by atoms with Gasteiger partial charge in [-0.15, -0.1) is 0 Å². The Morgan fingerprint density at radius 2 is 2.08 bits per heavy atom. The number of fused-ring (bicyclic) bond motifs is 1. The van der Waals surface area contributed by atoms with Gasteiger partial charge in [0.25, 0.3) is 0 Å². The molecule has 1 heterocycles. The molecule has 26 heavy (non-hydrogen) atoms. The number of ether oxygens (including phenoxy) is 2. The van der Waals surface area contributed by atoms with Gasteiger partial charge in [0.1, 0.15) is 24.1 Å². The highest BCUT2D eigenvalue weighted by atomic mass is 35.5. The molecule has 2 rings (SSSR count). The van der Waals surface area contributed by atoms with E-state index in [1.807, 2.05) is 19.9 Å². The molecule has 2 aromatic rings. The van der Waals surface area contributed by atoms with Crippen molar-refractivity contribution < 1.29 is 14.3 Å². The minimum absolute atomic E-state index is 0.117. The van der Waals surface area contributed by atoms with E-state index in [1.165, 1.54) is 4.90 Å². The van der Waals surface area contributed by atoms with Crippen molar-refractivity contribution in [2.45, 2.75) is 19.4 Å². The van der Waals surface area contributed by atoms with E-state index in [0.717, 1.165) is 16.3 Å². The van der Waals surface area contributed by atoms with Gasteiger partial charge in [-0.1, -0.05) is 36.6 Å². The molecule has 1 amide bonds. The summed E-state index contributed by atoms with van der Waals surface area (Å²) in [4.78, 5) is 19.8. The monoisotopic (exact) mass is 377 g/mol. The van der Waals surface area contributed by atoms with E-state index >= 15 is 0 Å². The van der Waals surface area contributed by atoms with E-state index in [1.54, 1.807) is 32.4 Å². The lowest BCUT2D eigenvalue weighted by Crippen LogP contribution is -2.24. The number of benzene rings is 1. The molecule has 1 aromatic carbocycles. The highest BCUT2D eigenvalue weighted by Gasteiger charge is 2.23. The van der Waals surface area contributed by atoms with Crippen molar-refractivity contribution in [1.82, 2.24) is 9.88 Å². The van der Waals surface area contributed by atoms with Gasteiger partial charge < -0.3 is 14.4 Å². The maximum atomic E-state index is 11.4. The van der Waals surface area contributed by atoms with Crippen LogP contribution in [0.1, 0.15) is 19.4 Å². The molecule has 0 unspecified atom stereocenters. The zero-order valence-electron chi connectivity index (χ0n) is 15.1. The zero-order chi connectivity index (χ0) is 19.3. The molecule has 0 atom stereocenters. The van der Waals surface area contributed by atoms with Gasteiger partial charge in [-0.05, 0) is 28.6 Å². The first kappa shape index (κ1) is 19.6. The van der Waals surface area contributed by atoms with Crippen LogP contribution in [0.4, 0.5) is 4.79 Å². The molecule has 138 valence electrons. The Bertz CT molecular complexity index is 863. The smallest absolute Gasteiger partial charge is 0.409 e. The summed E-state index contributed by atoms with van der Waals surface area (Å²) in [6, 6.07) is 5.31. The largest absolute Gasteiger partial charge is 0.489 e. The lowest BCUT2D eigenvalue weighted by atomic mass is 9.90. The fraction of sp³-hybridized carbons (Fsp3) is 0.412. The van der Waals surface area contributed by atoms with Gasteiger partial charge in [0.2, 0.25) is 0 Å². The number of carbonyl (C=O) groups is 1. The Morgan fingerprint density at radius 1 is 1.35 bits per heavy atom. The van der Waals surface area contributed by atoms with E-state index in [9.17, 15) is 4.79 Å². The topological polar surface area (TPSA) is 100 Å². The highest BCUT2D eigenvalue weighted by molar-refractivity contribution is 6.30. The lowest BCUT2D eigenvalue weighted by molar-refractivity contribution is 0.102. The van der Waals surface area contributed by atoms with Gasteiger partial charge in [0.15, 0.2) is 0 Å². The molecule has 0 fully saturated rings. The second kappa shape index (κ2) is 8.12. The number of halogens is 1. The summed E-state index contributed by atoms with van der Waals surface area (Å²) in [7, 11) is 3.21. The molecular weight excluding hydrogens is 358 g/mol. The Labute approximate surface area is 156 Å². The number of hydrogen-bond donors (Lipinski definition) is 0. The maximum Gasteiger partial charge on any atom is 0.409 e. The molecule has 1 aromatic heterocycles. The van der Waals surface area contributed by atoms with Crippen molar-refractivity contribution in [2.24, 2.45) is 5.11 Å². The predicted octanol–water partition coefficient (Wildman–Crippen LogP) is 4.51. The molecule has 0 saturated carbocycles. The molecule has 0 radical (unpaired) electrons. The average molecular weight is 378 g/mol. The lowest BCUT2D eigenvalue weighted by Gasteiger charge is -2.22. The number of nitrogens with zero attached hydrogens (tertiary/aromatic N) is 5. The number of hydrogen-bond acceptors (Lipinski definition) is 5. The van der Waals surface area contributed by atoms with Crippen LogP contribution in [-0.4, -0.2) is 43.3 Å². The van der Waals surface area contributed by atoms with Crippen molar-refractivity contribution in [1.29, 1.82) is 0 Å². The Kier molecular flexibility index (Phi) is 6.13. The predicted molar refractivity (Wildman–Crippen MR) is 99.5 cm³/mol. The minimum atomic E-state index is -0.766. The Hall–Kier alpha value is -2.70. The number of azide groups is 1. The summed E-state index contributed by atoms with van der Waals surface area (Å²) in [6.07, 6.45) is 1.17. The molecule has 0 bridgehead atoms. The first-order valence-corrected chi connectivity index (χ1v) is 8.26. The third-order valence-corrected chi connectivity index (χ3v) is 3.92. The van der Waals surface area contributed by atoms with Crippen molar-refractivity contribution in [3.8, 4) is 5.75 Å². The van der Waals surface area contributed by atoms with Gasteiger partial charge >= 0.3 is 6.09 Å². The van der Waals surface area contributed by atoms with Crippen molar-refractivity contribution in [3.63, 3.8) is 0 Å². The van der Waals surface area contributed by atoms with Gasteiger partial charge in [-0.25, -0.2) is 9.78 Å². The molecule has 0 spiro atoms. The molecule has 8 nitrogen and oxygen atoms in total. The van der Waals surface area contributed by atoms with E-state index < -0.39 is 11.6 Å². The number of pyridine rings is 1. The van der Waals surface area contributed by atoms with E-state index in [-0.39, 0.29) is 13.2 Å². The summed E-state index contributed by atoms with van der Waals surface area (Å²) < 4.78 is 10.8. The van der Waals surface area contributed by atoms with Crippen molar-refractivity contribution in [3.05, 3.63) is 45.6 Å². The van der Waals surface area contributed by atoms with Crippen LogP contribution < -0.4 is 4.74 Å². The molecule has 0 aliphatic rings. The van der Waals surface area contributed by atoms with Crippen molar-refractivity contribution in [2.75, 3.05) is 27.3 Å². The number of aromatic nitrogens is 1. The Morgan fingerprint density at radius 3 is 2.73 bits per heavy atom. The molecule has 9 heteroatoms. The normalized spacial score (nSPS) is 11.0. The summed E-state index contributed by atoms with van der Waals surface area (Å²) >= 11 is 6.04. The number of rotatable bonds is 6. The van der Waals surface area contributed by atoms with Crippen LogP contribution in [0.25, 0.3) is 21.2 Å².